The van der Waals surface area contributed by atoms with Crippen molar-refractivity contribution >= 4 is 22.4 Å². The molecule has 0 radical (unpaired) electrons. The lowest BCUT2D eigenvalue weighted by molar-refractivity contribution is -0.119. The minimum Gasteiger partial charge on any atom is -0.300 e. The third-order valence-corrected chi connectivity index (χ3v) is 3.62. The Kier molecular flexibility index (Phi) is 4.04. The number of benzene rings is 1. The molecule has 2 rings (SSSR count). The molecule has 0 aliphatic rings. The van der Waals surface area contributed by atoms with E-state index in [4.69, 9.17) is 0 Å². The van der Waals surface area contributed by atoms with E-state index in [0.717, 1.165) is 17.0 Å². The number of hydrogen-bond donors (Lipinski definition) is 1. The second-order valence-corrected chi connectivity index (χ2v) is 5.05. The first-order valence-electron chi connectivity index (χ1n) is 5.90. The van der Waals surface area contributed by atoms with Crippen LogP contribution < -0.4 is 5.32 Å². The zero-order valence-corrected chi connectivity index (χ0v) is 11.2. The number of anilines is 1. The Morgan fingerprint density at radius 3 is 2.72 bits per heavy atom. The van der Waals surface area contributed by atoms with Crippen LogP contribution in [0.3, 0.4) is 0 Å². The Hall–Kier alpha value is -1.75. The van der Waals surface area contributed by atoms with E-state index >= 15 is 0 Å². The summed E-state index contributed by atoms with van der Waals surface area (Å²) in [6, 6.07) is 9.81. The predicted octanol–water partition coefficient (Wildman–Crippen LogP) is 3.19. The fourth-order valence-corrected chi connectivity index (χ4v) is 2.14. The first kappa shape index (κ1) is 12.7. The van der Waals surface area contributed by atoms with Crippen molar-refractivity contribution in [3.63, 3.8) is 0 Å². The van der Waals surface area contributed by atoms with E-state index in [2.05, 4.69) is 15.5 Å². The summed E-state index contributed by atoms with van der Waals surface area (Å²) in [6.07, 6.45) is 0.816. The van der Waals surface area contributed by atoms with Gasteiger partial charge in [-0.15, -0.1) is 10.2 Å². The average molecular weight is 261 g/mol. The van der Waals surface area contributed by atoms with Crippen LogP contribution in [0.25, 0.3) is 10.6 Å². The van der Waals surface area contributed by atoms with Gasteiger partial charge in [0.25, 0.3) is 0 Å². The summed E-state index contributed by atoms with van der Waals surface area (Å²) >= 11 is 1.39. The van der Waals surface area contributed by atoms with Crippen LogP contribution in [0.5, 0.6) is 0 Å². The molecular weight excluding hydrogens is 246 g/mol. The minimum absolute atomic E-state index is 0.00549. The first-order valence-corrected chi connectivity index (χ1v) is 6.72. The number of rotatable bonds is 4. The molecule has 2 aromatic rings. The average Bonchev–Trinajstić information content (AvgIpc) is 2.87. The predicted molar refractivity (Wildman–Crippen MR) is 73.4 cm³/mol. The van der Waals surface area contributed by atoms with Crippen LogP contribution in [0, 0.1) is 5.92 Å². The Bertz CT molecular complexity index is 524. The number of nitrogens with zero attached hydrogens (tertiary/aromatic N) is 2. The van der Waals surface area contributed by atoms with Crippen molar-refractivity contribution in [1.29, 1.82) is 0 Å². The normalized spacial score (nSPS) is 12.1. The quantitative estimate of drug-likeness (QED) is 0.919. The molecule has 1 atom stereocenters. The van der Waals surface area contributed by atoms with Gasteiger partial charge in [-0.2, -0.15) is 0 Å². The molecule has 1 heterocycles. The monoisotopic (exact) mass is 261 g/mol. The van der Waals surface area contributed by atoms with Crippen molar-refractivity contribution in [2.24, 2.45) is 5.92 Å². The Labute approximate surface area is 110 Å². The highest BCUT2D eigenvalue weighted by Crippen LogP contribution is 2.26. The van der Waals surface area contributed by atoms with E-state index in [-0.39, 0.29) is 11.8 Å². The molecule has 0 bridgehead atoms. The van der Waals surface area contributed by atoms with Crippen LogP contribution in [-0.2, 0) is 4.79 Å². The number of carbonyl (C=O) groups is 1. The fraction of sp³-hybridized carbons (Fsp3) is 0.308. The molecular formula is C13H15N3OS. The summed E-state index contributed by atoms with van der Waals surface area (Å²) in [5.41, 5.74) is 1.01. The van der Waals surface area contributed by atoms with Crippen LogP contribution in [0.2, 0.25) is 0 Å². The van der Waals surface area contributed by atoms with Crippen LogP contribution in [0.1, 0.15) is 20.3 Å². The van der Waals surface area contributed by atoms with Gasteiger partial charge in [0, 0.05) is 11.5 Å². The maximum atomic E-state index is 11.7. The van der Waals surface area contributed by atoms with Gasteiger partial charge in [0.05, 0.1) is 0 Å². The maximum absolute atomic E-state index is 11.7. The Morgan fingerprint density at radius 1 is 1.33 bits per heavy atom. The van der Waals surface area contributed by atoms with Crippen molar-refractivity contribution in [2.45, 2.75) is 20.3 Å². The second-order valence-electron chi connectivity index (χ2n) is 4.08. The SMILES string of the molecule is CC[C@H](C)C(=O)Nc1nnc(-c2ccccc2)s1. The third kappa shape index (κ3) is 2.92. The molecule has 0 saturated heterocycles. The Morgan fingerprint density at radius 2 is 2.06 bits per heavy atom. The van der Waals surface area contributed by atoms with Gasteiger partial charge in [-0.1, -0.05) is 55.5 Å². The molecule has 0 unspecified atom stereocenters. The fourth-order valence-electron chi connectivity index (χ4n) is 1.39. The summed E-state index contributed by atoms with van der Waals surface area (Å²) in [6.45, 7) is 3.88. The van der Waals surface area contributed by atoms with Crippen molar-refractivity contribution < 1.29 is 4.79 Å². The van der Waals surface area contributed by atoms with Crippen molar-refractivity contribution in [3.8, 4) is 10.6 Å². The minimum atomic E-state index is -0.00624. The summed E-state index contributed by atoms with van der Waals surface area (Å²) in [5, 5.41) is 12.2. The van der Waals surface area contributed by atoms with Gasteiger partial charge < -0.3 is 5.32 Å². The Balaban J connectivity index is 2.10. The largest absolute Gasteiger partial charge is 0.300 e. The number of aromatic nitrogens is 2. The molecule has 0 spiro atoms. The van der Waals surface area contributed by atoms with Gasteiger partial charge in [-0.25, -0.2) is 0 Å². The molecule has 1 amide bonds. The van der Waals surface area contributed by atoms with Crippen LogP contribution in [-0.4, -0.2) is 16.1 Å². The molecule has 0 saturated carbocycles. The first-order chi connectivity index (χ1) is 8.70. The van der Waals surface area contributed by atoms with Gasteiger partial charge in [0.2, 0.25) is 11.0 Å². The van der Waals surface area contributed by atoms with Crippen LogP contribution in [0.15, 0.2) is 30.3 Å². The number of carbonyl (C=O) groups excluding carboxylic acids is 1. The van der Waals surface area contributed by atoms with E-state index in [1.807, 2.05) is 44.2 Å². The van der Waals surface area contributed by atoms with E-state index in [1.54, 1.807) is 0 Å². The lowest BCUT2D eigenvalue weighted by Crippen LogP contribution is -2.19. The third-order valence-electron chi connectivity index (χ3n) is 2.74. The lowest BCUT2D eigenvalue weighted by atomic mass is 10.1. The number of nitrogens with one attached hydrogen (secondary N) is 1. The smallest absolute Gasteiger partial charge is 0.229 e. The molecule has 5 heteroatoms. The molecule has 0 aliphatic carbocycles. The van der Waals surface area contributed by atoms with E-state index in [0.29, 0.717) is 5.13 Å². The van der Waals surface area contributed by atoms with Crippen LogP contribution >= 0.6 is 11.3 Å². The van der Waals surface area contributed by atoms with Gasteiger partial charge >= 0.3 is 0 Å². The second kappa shape index (κ2) is 5.73. The van der Waals surface area contributed by atoms with Gasteiger partial charge in [-0.3, -0.25) is 4.79 Å². The molecule has 0 fully saturated rings. The van der Waals surface area contributed by atoms with Gasteiger partial charge in [0.1, 0.15) is 5.01 Å². The zero-order chi connectivity index (χ0) is 13.0. The molecule has 18 heavy (non-hydrogen) atoms. The maximum Gasteiger partial charge on any atom is 0.229 e. The standard InChI is InChI=1S/C13H15N3OS/c1-3-9(2)11(17)14-13-16-15-12(18-13)10-7-5-4-6-8-10/h4-9H,3H2,1-2H3,(H,14,16,17)/t9-/m0/s1. The molecule has 1 aromatic carbocycles. The molecule has 4 nitrogen and oxygen atoms in total. The molecule has 1 aromatic heterocycles. The van der Waals surface area contributed by atoms with Crippen molar-refractivity contribution in [2.75, 3.05) is 5.32 Å². The van der Waals surface area contributed by atoms with Crippen LogP contribution in [0.4, 0.5) is 5.13 Å². The van der Waals surface area contributed by atoms with Crippen molar-refractivity contribution in [1.82, 2.24) is 10.2 Å². The topological polar surface area (TPSA) is 54.9 Å². The lowest BCUT2D eigenvalue weighted by Gasteiger charge is -2.06. The van der Waals surface area contributed by atoms with E-state index in [9.17, 15) is 4.79 Å². The molecule has 94 valence electrons. The zero-order valence-electron chi connectivity index (χ0n) is 10.4. The summed E-state index contributed by atoms with van der Waals surface area (Å²) in [7, 11) is 0. The highest BCUT2D eigenvalue weighted by Gasteiger charge is 2.13. The van der Waals surface area contributed by atoms with Gasteiger partial charge in [-0.05, 0) is 6.42 Å². The summed E-state index contributed by atoms with van der Waals surface area (Å²) in [4.78, 5) is 11.7. The number of amides is 1. The van der Waals surface area contributed by atoms with Crippen molar-refractivity contribution in [3.05, 3.63) is 30.3 Å². The van der Waals surface area contributed by atoms with E-state index in [1.165, 1.54) is 11.3 Å². The summed E-state index contributed by atoms with van der Waals surface area (Å²) < 4.78 is 0. The number of hydrogen-bond acceptors (Lipinski definition) is 4. The van der Waals surface area contributed by atoms with E-state index < -0.39 is 0 Å². The highest BCUT2D eigenvalue weighted by molar-refractivity contribution is 7.18. The molecule has 1 N–H and O–H groups in total. The summed E-state index contributed by atoms with van der Waals surface area (Å²) in [5.74, 6) is -0.0117. The van der Waals surface area contributed by atoms with Gasteiger partial charge in [0.15, 0.2) is 0 Å². The highest BCUT2D eigenvalue weighted by atomic mass is 32.1. The molecule has 0 aliphatic heterocycles.